The Bertz CT molecular complexity index is 1170. The summed E-state index contributed by atoms with van der Waals surface area (Å²) >= 11 is 0. The quantitative estimate of drug-likeness (QED) is 0.416. The third-order valence-electron chi connectivity index (χ3n) is 5.56. The minimum atomic E-state index is -0.545. The second-order valence-electron chi connectivity index (χ2n) is 7.86. The average molecular weight is 444 g/mol. The van der Waals surface area contributed by atoms with Gasteiger partial charge >= 0.3 is 0 Å². The van der Waals surface area contributed by atoms with Gasteiger partial charge < -0.3 is 15.5 Å². The molecule has 0 aromatic heterocycles. The third-order valence-corrected chi connectivity index (χ3v) is 5.56. The molecule has 8 nitrogen and oxygen atoms in total. The summed E-state index contributed by atoms with van der Waals surface area (Å²) in [4.78, 5) is 38.4. The largest absolute Gasteiger partial charge is 0.371 e. The SMILES string of the molecule is O=C(Nc1ccc(N2CCCC2)c(C(=O)NCc2ccccc2)c1)c1cccc([N+](=O)[O-])c1. The van der Waals surface area contributed by atoms with E-state index in [-0.39, 0.29) is 17.2 Å². The van der Waals surface area contributed by atoms with E-state index in [9.17, 15) is 19.7 Å². The Morgan fingerprint density at radius 1 is 0.909 bits per heavy atom. The minimum Gasteiger partial charge on any atom is -0.371 e. The van der Waals surface area contributed by atoms with Gasteiger partial charge in [-0.05, 0) is 42.7 Å². The molecule has 1 saturated heterocycles. The molecule has 33 heavy (non-hydrogen) atoms. The number of non-ortho nitro benzene ring substituents is 1. The number of nitro benzene ring substituents is 1. The lowest BCUT2D eigenvalue weighted by atomic mass is 10.1. The number of nitrogens with one attached hydrogen (secondary N) is 2. The number of hydrogen-bond acceptors (Lipinski definition) is 5. The van der Waals surface area contributed by atoms with Crippen LogP contribution in [0.3, 0.4) is 0 Å². The fourth-order valence-corrected chi connectivity index (χ4v) is 3.87. The zero-order chi connectivity index (χ0) is 23.2. The van der Waals surface area contributed by atoms with Crippen molar-refractivity contribution in [3.05, 3.63) is 99.6 Å². The Kier molecular flexibility index (Phi) is 6.64. The maximum Gasteiger partial charge on any atom is 0.270 e. The highest BCUT2D eigenvalue weighted by Crippen LogP contribution is 2.28. The summed E-state index contributed by atoms with van der Waals surface area (Å²) in [7, 11) is 0. The summed E-state index contributed by atoms with van der Waals surface area (Å²) in [6.45, 7) is 2.14. The summed E-state index contributed by atoms with van der Waals surface area (Å²) in [5.74, 6) is -0.713. The summed E-state index contributed by atoms with van der Waals surface area (Å²) < 4.78 is 0. The number of anilines is 2. The number of carbonyl (C=O) groups excluding carboxylic acids is 2. The summed E-state index contributed by atoms with van der Waals surface area (Å²) in [6, 6.07) is 20.4. The van der Waals surface area contributed by atoms with Gasteiger partial charge in [-0.25, -0.2) is 0 Å². The van der Waals surface area contributed by atoms with Crippen LogP contribution >= 0.6 is 0 Å². The monoisotopic (exact) mass is 444 g/mol. The molecule has 0 bridgehead atoms. The fraction of sp³-hybridized carbons (Fsp3) is 0.200. The van der Waals surface area contributed by atoms with Crippen LogP contribution < -0.4 is 15.5 Å². The molecule has 1 aliphatic heterocycles. The zero-order valence-corrected chi connectivity index (χ0v) is 18.0. The van der Waals surface area contributed by atoms with Crippen molar-refractivity contribution in [3.63, 3.8) is 0 Å². The van der Waals surface area contributed by atoms with Crippen LogP contribution in [0.1, 0.15) is 39.1 Å². The molecule has 1 fully saturated rings. The first-order chi connectivity index (χ1) is 16.0. The highest BCUT2D eigenvalue weighted by atomic mass is 16.6. The van der Waals surface area contributed by atoms with Crippen molar-refractivity contribution in [2.45, 2.75) is 19.4 Å². The Balaban J connectivity index is 1.56. The standard InChI is InChI=1S/C25H24N4O4/c30-24(19-9-6-10-21(15-19)29(32)33)27-20-11-12-23(28-13-4-5-14-28)22(16-20)25(31)26-17-18-7-2-1-3-8-18/h1-3,6-12,15-16H,4-5,13-14,17H2,(H,26,31)(H,27,30). The molecule has 1 aliphatic rings. The van der Waals surface area contributed by atoms with E-state index < -0.39 is 10.8 Å². The maximum atomic E-state index is 13.1. The first kappa shape index (κ1) is 22.0. The van der Waals surface area contributed by atoms with Crippen molar-refractivity contribution in [3.8, 4) is 0 Å². The molecule has 0 unspecified atom stereocenters. The van der Waals surface area contributed by atoms with Crippen molar-refractivity contribution >= 4 is 28.9 Å². The van der Waals surface area contributed by atoms with E-state index >= 15 is 0 Å². The van der Waals surface area contributed by atoms with Crippen LogP contribution in [0, 0.1) is 10.1 Å². The highest BCUT2D eigenvalue weighted by Gasteiger charge is 2.21. The van der Waals surface area contributed by atoms with Gasteiger partial charge in [-0.2, -0.15) is 0 Å². The lowest BCUT2D eigenvalue weighted by Gasteiger charge is -2.22. The second kappa shape index (κ2) is 9.95. The van der Waals surface area contributed by atoms with Crippen LogP contribution in [0.5, 0.6) is 0 Å². The van der Waals surface area contributed by atoms with Crippen LogP contribution in [0.2, 0.25) is 0 Å². The molecule has 8 heteroatoms. The molecule has 2 N–H and O–H groups in total. The van der Waals surface area contributed by atoms with Gasteiger partial charge in [-0.1, -0.05) is 36.4 Å². The Hall–Kier alpha value is -4.20. The zero-order valence-electron chi connectivity index (χ0n) is 18.0. The molecular formula is C25H24N4O4. The molecule has 0 spiro atoms. The molecule has 1 heterocycles. The van der Waals surface area contributed by atoms with E-state index in [1.165, 1.54) is 24.3 Å². The van der Waals surface area contributed by atoms with Crippen molar-refractivity contribution in [2.24, 2.45) is 0 Å². The Morgan fingerprint density at radius 2 is 1.67 bits per heavy atom. The average Bonchev–Trinajstić information content (AvgIpc) is 3.38. The predicted molar refractivity (Wildman–Crippen MR) is 127 cm³/mol. The Morgan fingerprint density at radius 3 is 2.39 bits per heavy atom. The number of amides is 2. The number of nitrogens with zero attached hydrogens (tertiary/aromatic N) is 2. The van der Waals surface area contributed by atoms with Crippen molar-refractivity contribution < 1.29 is 14.5 Å². The molecule has 0 saturated carbocycles. The lowest BCUT2D eigenvalue weighted by molar-refractivity contribution is -0.384. The van der Waals surface area contributed by atoms with Crippen LogP contribution in [0.4, 0.5) is 17.1 Å². The summed E-state index contributed by atoms with van der Waals surface area (Å²) in [5, 5.41) is 16.7. The van der Waals surface area contributed by atoms with Crippen molar-refractivity contribution in [2.75, 3.05) is 23.3 Å². The Labute approximate surface area is 191 Å². The third kappa shape index (κ3) is 5.35. The van der Waals surface area contributed by atoms with E-state index in [1.54, 1.807) is 12.1 Å². The smallest absolute Gasteiger partial charge is 0.270 e. The van der Waals surface area contributed by atoms with Gasteiger partial charge in [0.05, 0.1) is 10.5 Å². The molecule has 3 aromatic carbocycles. The molecule has 0 aliphatic carbocycles. The first-order valence-electron chi connectivity index (χ1n) is 10.8. The van der Waals surface area contributed by atoms with E-state index in [2.05, 4.69) is 15.5 Å². The lowest BCUT2D eigenvalue weighted by Crippen LogP contribution is -2.27. The number of carbonyl (C=O) groups is 2. The van der Waals surface area contributed by atoms with Crippen molar-refractivity contribution in [1.82, 2.24) is 5.32 Å². The second-order valence-corrected chi connectivity index (χ2v) is 7.86. The molecule has 0 radical (unpaired) electrons. The van der Waals surface area contributed by atoms with Crippen molar-refractivity contribution in [1.29, 1.82) is 0 Å². The van der Waals surface area contributed by atoms with E-state index in [1.807, 2.05) is 36.4 Å². The molecule has 4 rings (SSSR count). The molecule has 168 valence electrons. The van der Waals surface area contributed by atoms with Gasteiger partial charge in [0.25, 0.3) is 17.5 Å². The van der Waals surface area contributed by atoms with Crippen LogP contribution in [0.15, 0.2) is 72.8 Å². The van der Waals surface area contributed by atoms with Gasteiger partial charge in [0.2, 0.25) is 0 Å². The summed E-state index contributed by atoms with van der Waals surface area (Å²) in [5.41, 5.74) is 2.75. The van der Waals surface area contributed by atoms with E-state index in [0.29, 0.717) is 17.8 Å². The number of nitro groups is 1. The van der Waals surface area contributed by atoms with E-state index in [4.69, 9.17) is 0 Å². The molecule has 2 amide bonds. The normalized spacial score (nSPS) is 12.9. The van der Waals surface area contributed by atoms with Gasteiger partial charge in [0, 0.05) is 48.7 Å². The number of rotatable bonds is 7. The summed E-state index contributed by atoms with van der Waals surface area (Å²) in [6.07, 6.45) is 2.13. The predicted octanol–water partition coefficient (Wildman–Crippen LogP) is 4.38. The molecular weight excluding hydrogens is 420 g/mol. The molecule has 0 atom stereocenters. The van der Waals surface area contributed by atoms with Gasteiger partial charge in [0.1, 0.15) is 0 Å². The topological polar surface area (TPSA) is 105 Å². The van der Waals surface area contributed by atoms with E-state index in [0.717, 1.165) is 37.2 Å². The minimum absolute atomic E-state index is 0.159. The fourth-order valence-electron chi connectivity index (χ4n) is 3.87. The number of hydrogen-bond donors (Lipinski definition) is 2. The first-order valence-corrected chi connectivity index (χ1v) is 10.8. The highest BCUT2D eigenvalue weighted by molar-refractivity contribution is 6.06. The van der Waals surface area contributed by atoms with Gasteiger partial charge in [-0.15, -0.1) is 0 Å². The van der Waals surface area contributed by atoms with Crippen LogP contribution in [-0.4, -0.2) is 29.8 Å². The van der Waals surface area contributed by atoms with Crippen LogP contribution in [-0.2, 0) is 6.54 Å². The number of benzene rings is 3. The molecule has 3 aromatic rings. The van der Waals surface area contributed by atoms with Gasteiger partial charge in [-0.3, -0.25) is 19.7 Å². The van der Waals surface area contributed by atoms with Gasteiger partial charge in [0.15, 0.2) is 0 Å². The maximum absolute atomic E-state index is 13.1. The van der Waals surface area contributed by atoms with Crippen LogP contribution in [0.25, 0.3) is 0 Å².